The Morgan fingerprint density at radius 2 is 1.74 bits per heavy atom. The predicted octanol–water partition coefficient (Wildman–Crippen LogP) is 5.00. The van der Waals surface area contributed by atoms with Crippen molar-refractivity contribution < 1.29 is 32.3 Å². The molecule has 0 radical (unpaired) electrons. The average Bonchev–Trinajstić information content (AvgIpc) is 3.72. The number of nitrogens with one attached hydrogen (secondary N) is 3. The van der Waals surface area contributed by atoms with Crippen molar-refractivity contribution in [1.29, 1.82) is 16.1 Å². The van der Waals surface area contributed by atoms with Gasteiger partial charge in [-0.25, -0.2) is 4.79 Å². The van der Waals surface area contributed by atoms with Crippen LogP contribution in [0, 0.1) is 27.6 Å². The minimum atomic E-state index is -4.78. The molecule has 3 heterocycles. The van der Waals surface area contributed by atoms with E-state index in [2.05, 4.69) is 5.32 Å². The van der Waals surface area contributed by atoms with Gasteiger partial charge in [0.1, 0.15) is 0 Å². The second-order valence-electron chi connectivity index (χ2n) is 13.3. The summed E-state index contributed by atoms with van der Waals surface area (Å²) in [4.78, 5) is 44.1. The van der Waals surface area contributed by atoms with E-state index in [-0.39, 0.29) is 46.8 Å². The molecule has 3 aromatic rings. The van der Waals surface area contributed by atoms with E-state index in [0.717, 1.165) is 23.3 Å². The summed E-state index contributed by atoms with van der Waals surface area (Å²) in [6.07, 6.45) is -1.72. The number of ether oxygens (including phenoxy) is 1. The maximum atomic E-state index is 13.9. The molecule has 0 aromatic heterocycles. The number of rotatable bonds is 7. The number of amides is 3. The van der Waals surface area contributed by atoms with Gasteiger partial charge in [0, 0.05) is 61.3 Å². The van der Waals surface area contributed by atoms with Gasteiger partial charge in [0.05, 0.1) is 34.9 Å². The van der Waals surface area contributed by atoms with Crippen LogP contribution in [0.25, 0.3) is 5.57 Å². The van der Waals surface area contributed by atoms with Gasteiger partial charge in [-0.15, -0.1) is 0 Å². The Balaban J connectivity index is 1.07. The van der Waals surface area contributed by atoms with Crippen LogP contribution >= 0.6 is 0 Å². The Morgan fingerprint density at radius 1 is 1.02 bits per heavy atom. The highest BCUT2D eigenvalue weighted by Crippen LogP contribution is 2.43. The Morgan fingerprint density at radius 3 is 2.40 bits per heavy atom. The summed E-state index contributed by atoms with van der Waals surface area (Å²) in [5.41, 5.74) is 6.73. The molecule has 53 heavy (non-hydrogen) atoms. The highest BCUT2D eigenvalue weighted by molar-refractivity contribution is 6.15. The van der Waals surface area contributed by atoms with E-state index in [0.29, 0.717) is 63.2 Å². The summed E-state index contributed by atoms with van der Waals surface area (Å²) in [5.74, 6) is -0.404. The zero-order chi connectivity index (χ0) is 38.1. The third kappa shape index (κ3) is 7.49. The van der Waals surface area contributed by atoms with Crippen molar-refractivity contribution in [2.45, 2.75) is 25.4 Å². The molecular weight excluding hydrogens is 689 g/mol. The topological polar surface area (TPSA) is 180 Å². The zero-order valence-electron chi connectivity index (χ0n) is 28.8. The van der Waals surface area contributed by atoms with Crippen LogP contribution in [0.2, 0.25) is 0 Å². The number of hydrogen-bond acceptors (Lipinski definition) is 9. The molecule has 3 aromatic carbocycles. The first-order valence-corrected chi connectivity index (χ1v) is 16.9. The van der Waals surface area contributed by atoms with E-state index in [1.54, 1.807) is 28.0 Å². The fourth-order valence-corrected chi connectivity index (χ4v) is 7.14. The van der Waals surface area contributed by atoms with Crippen molar-refractivity contribution in [2.75, 3.05) is 56.9 Å². The van der Waals surface area contributed by atoms with Gasteiger partial charge in [-0.1, -0.05) is 24.3 Å². The highest BCUT2D eigenvalue weighted by atomic mass is 19.4. The smallest absolute Gasteiger partial charge is 0.398 e. The number of likely N-dealkylation sites (tertiary alicyclic amines) is 1. The standard InChI is InChI=1S/C38H37F3N8O4/c1-46-36(52)53-34(45)25-4-2-23(3-5-25)24-10-14-48(15-11-24)32(50)21-47-16-12-37(22-47)13-17-49(35(37)51)28-8-9-31(43)29(19-28)33(44)26-6-7-27(20-42)30(18-26)38(39,40)41/h2-10,18-19,44-45H,11-17,21-22,43H2,1H3,(H,46,52)/t37-/m0/s1. The predicted molar refractivity (Wildman–Crippen MR) is 191 cm³/mol. The van der Waals surface area contributed by atoms with E-state index < -0.39 is 28.8 Å². The maximum absolute atomic E-state index is 13.9. The number of carbonyl (C=O) groups excluding carboxylic acids is 3. The maximum Gasteiger partial charge on any atom is 0.417 e. The van der Waals surface area contributed by atoms with Gasteiger partial charge in [-0.2, -0.15) is 18.4 Å². The van der Waals surface area contributed by atoms with Crippen LogP contribution in [0.1, 0.15) is 52.6 Å². The first-order chi connectivity index (χ1) is 25.2. The van der Waals surface area contributed by atoms with Crippen molar-refractivity contribution in [3.8, 4) is 6.07 Å². The number of alkyl carbamates (subject to hydrolysis) is 1. The van der Waals surface area contributed by atoms with Crippen LogP contribution in [0.4, 0.5) is 29.3 Å². The number of anilines is 2. The average molecular weight is 727 g/mol. The van der Waals surface area contributed by atoms with Crippen LogP contribution < -0.4 is 16.0 Å². The second-order valence-corrected chi connectivity index (χ2v) is 13.3. The lowest BCUT2D eigenvalue weighted by Gasteiger charge is -2.29. The molecule has 3 aliphatic rings. The number of nitriles is 1. The molecule has 1 atom stereocenters. The van der Waals surface area contributed by atoms with Crippen LogP contribution in [-0.4, -0.2) is 85.6 Å². The fraction of sp³-hybridized carbons (Fsp3) is 0.316. The molecule has 5 N–H and O–H groups in total. The van der Waals surface area contributed by atoms with Gasteiger partial charge in [-0.3, -0.25) is 25.3 Å². The van der Waals surface area contributed by atoms with Crippen molar-refractivity contribution in [3.63, 3.8) is 0 Å². The second kappa shape index (κ2) is 14.5. The lowest BCUT2D eigenvalue weighted by atomic mass is 9.85. The van der Waals surface area contributed by atoms with E-state index in [9.17, 15) is 27.6 Å². The molecule has 2 fully saturated rings. The first-order valence-electron chi connectivity index (χ1n) is 16.9. The SMILES string of the molecule is CNC(=O)OC(=N)c1ccc(C2=CCN(C(=O)CN3CC[C@]4(CCN(c5ccc(N)c(C(=N)c6ccc(C#N)c(C(F)(F)F)c6)c5)C4=O)C3)CC2)cc1. The lowest BCUT2D eigenvalue weighted by molar-refractivity contribution is -0.137. The Kier molecular flexibility index (Phi) is 10.1. The lowest BCUT2D eigenvalue weighted by Crippen LogP contribution is -2.43. The first kappa shape index (κ1) is 36.8. The van der Waals surface area contributed by atoms with Crippen LogP contribution in [0.3, 0.4) is 0 Å². The molecule has 1 spiro atoms. The van der Waals surface area contributed by atoms with Crippen molar-refractivity contribution in [2.24, 2.45) is 5.41 Å². The summed E-state index contributed by atoms with van der Waals surface area (Å²) < 4.78 is 45.7. The molecule has 6 rings (SSSR count). The van der Waals surface area contributed by atoms with Gasteiger partial charge >= 0.3 is 12.3 Å². The molecule has 12 nitrogen and oxygen atoms in total. The highest BCUT2D eigenvalue weighted by Gasteiger charge is 2.51. The van der Waals surface area contributed by atoms with Crippen LogP contribution in [-0.2, 0) is 20.5 Å². The molecule has 3 amide bonds. The van der Waals surface area contributed by atoms with Gasteiger partial charge in [0.25, 0.3) is 0 Å². The summed E-state index contributed by atoms with van der Waals surface area (Å²) in [6, 6.07) is 16.4. The van der Waals surface area contributed by atoms with Crippen LogP contribution in [0.15, 0.2) is 66.7 Å². The molecule has 274 valence electrons. The van der Waals surface area contributed by atoms with Gasteiger partial charge in [-0.05, 0) is 79.4 Å². The summed E-state index contributed by atoms with van der Waals surface area (Å²) in [6.45, 7) is 2.53. The minimum Gasteiger partial charge on any atom is -0.398 e. The van der Waals surface area contributed by atoms with E-state index in [1.807, 2.05) is 23.1 Å². The van der Waals surface area contributed by atoms with Crippen molar-refractivity contribution in [1.82, 2.24) is 15.1 Å². The Labute approximate surface area is 303 Å². The molecule has 2 saturated heterocycles. The number of nitrogens with zero attached hydrogens (tertiary/aromatic N) is 4. The number of carbonyl (C=O) groups is 3. The zero-order valence-corrected chi connectivity index (χ0v) is 28.8. The number of hydrogen-bond donors (Lipinski definition) is 4. The number of nitrogen functional groups attached to an aromatic ring is 1. The molecule has 0 saturated carbocycles. The van der Waals surface area contributed by atoms with Crippen molar-refractivity contribution in [3.05, 3.63) is 100 Å². The molecule has 0 bridgehead atoms. The summed E-state index contributed by atoms with van der Waals surface area (Å²) >= 11 is 0. The number of halogens is 3. The van der Waals surface area contributed by atoms with Crippen molar-refractivity contribution >= 4 is 46.5 Å². The van der Waals surface area contributed by atoms with Gasteiger partial charge in [0.2, 0.25) is 17.7 Å². The van der Waals surface area contributed by atoms with Gasteiger partial charge in [0.15, 0.2) is 0 Å². The Hall–Kier alpha value is -6.01. The van der Waals surface area contributed by atoms with E-state index >= 15 is 0 Å². The number of alkyl halides is 3. The normalized spacial score (nSPS) is 18.8. The fourth-order valence-electron chi connectivity index (χ4n) is 7.14. The largest absolute Gasteiger partial charge is 0.417 e. The minimum absolute atomic E-state index is 0.0343. The molecular formula is C38H37F3N8O4. The number of nitrogens with two attached hydrogens (primary N) is 1. The number of benzene rings is 3. The van der Waals surface area contributed by atoms with Crippen LogP contribution in [0.5, 0.6) is 0 Å². The van der Waals surface area contributed by atoms with E-state index in [4.69, 9.17) is 26.6 Å². The monoisotopic (exact) mass is 726 g/mol. The van der Waals surface area contributed by atoms with Gasteiger partial charge < -0.3 is 25.6 Å². The third-order valence-electron chi connectivity index (χ3n) is 10.1. The summed E-state index contributed by atoms with van der Waals surface area (Å²) in [5, 5.41) is 28.1. The quantitative estimate of drug-likeness (QED) is 0.150. The Bertz CT molecular complexity index is 2070. The molecule has 0 aliphatic carbocycles. The third-order valence-corrected chi connectivity index (χ3v) is 10.1. The molecule has 0 unspecified atom stereocenters. The molecule has 3 aliphatic heterocycles. The van der Waals surface area contributed by atoms with E-state index in [1.165, 1.54) is 31.3 Å². The summed E-state index contributed by atoms with van der Waals surface area (Å²) in [7, 11) is 1.41. The molecule has 15 heteroatoms.